The van der Waals surface area contributed by atoms with Gasteiger partial charge >= 0.3 is 19.8 Å². The summed E-state index contributed by atoms with van der Waals surface area (Å²) in [5, 5.41) is 0. The number of unbranched alkanes of at least 4 members (excludes halogenated alkanes) is 38. The van der Waals surface area contributed by atoms with E-state index in [0.29, 0.717) is 6.42 Å². The first-order chi connectivity index (χ1) is 32.8. The van der Waals surface area contributed by atoms with E-state index in [1.54, 1.807) is 0 Å². The minimum absolute atomic E-state index is 0.0566. The maximum atomic E-state index is 12.7. The number of nitrogens with two attached hydrogens (primary N) is 1. The van der Waals surface area contributed by atoms with Crippen molar-refractivity contribution in [1.82, 2.24) is 0 Å². The van der Waals surface area contributed by atoms with E-state index in [1.165, 1.54) is 225 Å². The van der Waals surface area contributed by atoms with Crippen molar-refractivity contribution in [3.8, 4) is 0 Å². The number of allylic oxidation sites excluding steroid dienone is 4. The number of hydrogen-bond acceptors (Lipinski definition) is 8. The van der Waals surface area contributed by atoms with Gasteiger partial charge in [-0.05, 0) is 44.9 Å². The molecule has 0 amide bonds. The first kappa shape index (κ1) is 65.5. The molecule has 0 saturated heterocycles. The molecule has 0 radical (unpaired) electrons. The molecule has 0 bridgehead atoms. The molecule has 0 aliphatic rings. The standard InChI is InChI=1S/C57H110NO8P/c1-3-5-7-9-11-13-15-17-19-20-21-22-23-24-25-26-27-28-29-30-31-32-33-34-36-38-40-42-44-46-48-50-57(60)66-55(54-65-67(61,62)64-52-51-58)53-63-56(59)49-47-45-43-41-39-37-35-18-16-14-12-10-8-6-4-2/h15,17,20-21,55H,3-14,16,18-19,22-54,58H2,1-2H3,(H,61,62)/b17-15-,21-20-. The van der Waals surface area contributed by atoms with Gasteiger partial charge < -0.3 is 20.1 Å². The molecule has 9 nitrogen and oxygen atoms in total. The molecule has 0 fully saturated rings. The molecule has 10 heteroatoms. The fourth-order valence-corrected chi connectivity index (χ4v) is 9.32. The summed E-state index contributed by atoms with van der Waals surface area (Å²) in [7, 11) is -4.38. The minimum atomic E-state index is -4.38. The van der Waals surface area contributed by atoms with Gasteiger partial charge in [-0.1, -0.05) is 263 Å². The second kappa shape index (κ2) is 53.8. The van der Waals surface area contributed by atoms with Crippen LogP contribution < -0.4 is 5.73 Å². The lowest BCUT2D eigenvalue weighted by Gasteiger charge is -2.19. The van der Waals surface area contributed by atoms with Crippen LogP contribution in [0.4, 0.5) is 0 Å². The van der Waals surface area contributed by atoms with Crippen molar-refractivity contribution < 1.29 is 37.6 Å². The fraction of sp³-hybridized carbons (Fsp3) is 0.895. The van der Waals surface area contributed by atoms with Crippen LogP contribution in [0.15, 0.2) is 24.3 Å². The van der Waals surface area contributed by atoms with E-state index in [2.05, 4.69) is 38.2 Å². The normalized spacial score (nSPS) is 13.2. The van der Waals surface area contributed by atoms with Gasteiger partial charge in [-0.2, -0.15) is 0 Å². The van der Waals surface area contributed by atoms with Crippen LogP contribution in [0.5, 0.6) is 0 Å². The molecule has 2 atom stereocenters. The van der Waals surface area contributed by atoms with Gasteiger partial charge in [0.1, 0.15) is 6.61 Å². The number of ether oxygens (including phenoxy) is 2. The molecule has 0 aromatic heterocycles. The molecule has 0 saturated carbocycles. The first-order valence-corrected chi connectivity index (χ1v) is 30.3. The lowest BCUT2D eigenvalue weighted by Crippen LogP contribution is -2.29. The zero-order valence-electron chi connectivity index (χ0n) is 44.2. The number of phosphoric ester groups is 1. The van der Waals surface area contributed by atoms with E-state index >= 15 is 0 Å². The maximum Gasteiger partial charge on any atom is 0.472 e. The van der Waals surface area contributed by atoms with Crippen LogP contribution in [0.2, 0.25) is 0 Å². The average molecular weight is 968 g/mol. The van der Waals surface area contributed by atoms with Gasteiger partial charge in [0.25, 0.3) is 0 Å². The van der Waals surface area contributed by atoms with Crippen LogP contribution >= 0.6 is 7.82 Å². The van der Waals surface area contributed by atoms with Gasteiger partial charge in [-0.3, -0.25) is 18.6 Å². The third kappa shape index (κ3) is 53.7. The van der Waals surface area contributed by atoms with Crippen LogP contribution in [0.1, 0.15) is 296 Å². The predicted octanol–water partition coefficient (Wildman–Crippen LogP) is 17.9. The molecule has 396 valence electrons. The van der Waals surface area contributed by atoms with Crippen molar-refractivity contribution in [2.45, 2.75) is 302 Å². The monoisotopic (exact) mass is 968 g/mol. The number of hydrogen-bond donors (Lipinski definition) is 2. The highest BCUT2D eigenvalue weighted by Crippen LogP contribution is 2.43. The minimum Gasteiger partial charge on any atom is -0.462 e. The Morgan fingerprint density at radius 2 is 0.776 bits per heavy atom. The lowest BCUT2D eigenvalue weighted by molar-refractivity contribution is -0.161. The largest absolute Gasteiger partial charge is 0.472 e. The molecule has 3 N–H and O–H groups in total. The summed E-state index contributed by atoms with van der Waals surface area (Å²) >= 11 is 0. The van der Waals surface area contributed by atoms with Crippen molar-refractivity contribution in [3.05, 3.63) is 24.3 Å². The topological polar surface area (TPSA) is 134 Å². The number of rotatable bonds is 55. The Hall–Kier alpha value is -1.51. The van der Waals surface area contributed by atoms with Crippen LogP contribution in [0.25, 0.3) is 0 Å². The van der Waals surface area contributed by atoms with Gasteiger partial charge in [0.15, 0.2) is 6.10 Å². The summed E-state index contributed by atoms with van der Waals surface area (Å²) in [6.45, 7) is 3.78. The summed E-state index contributed by atoms with van der Waals surface area (Å²) in [4.78, 5) is 35.1. The molecule has 0 aromatic rings. The summed E-state index contributed by atoms with van der Waals surface area (Å²) in [5.74, 6) is -0.810. The van der Waals surface area contributed by atoms with Crippen LogP contribution in [-0.4, -0.2) is 49.3 Å². The molecule has 0 aromatic carbocycles. The van der Waals surface area contributed by atoms with E-state index in [9.17, 15) is 19.0 Å². The Morgan fingerprint density at radius 3 is 1.13 bits per heavy atom. The third-order valence-electron chi connectivity index (χ3n) is 12.8. The van der Waals surface area contributed by atoms with Crippen molar-refractivity contribution in [1.29, 1.82) is 0 Å². The summed E-state index contributed by atoms with van der Waals surface area (Å²) in [5.41, 5.74) is 5.38. The molecular weight excluding hydrogens is 858 g/mol. The van der Waals surface area contributed by atoms with Crippen molar-refractivity contribution in [2.75, 3.05) is 26.4 Å². The van der Waals surface area contributed by atoms with E-state index in [0.717, 1.165) is 38.5 Å². The SMILES string of the molecule is CCCCCCC/C=C\C/C=C\CCCCCCCCCCCCCCCCCCCCCC(=O)OC(COC(=O)CCCCCCCCCCCCCCCCC)COP(=O)(O)OCCN. The van der Waals surface area contributed by atoms with Gasteiger partial charge in [0, 0.05) is 19.4 Å². The Labute approximate surface area is 414 Å². The summed E-state index contributed by atoms with van der Waals surface area (Å²) in [6, 6.07) is 0. The van der Waals surface area contributed by atoms with E-state index < -0.39 is 26.5 Å². The number of phosphoric acid groups is 1. The lowest BCUT2D eigenvalue weighted by atomic mass is 10.0. The Morgan fingerprint density at radius 1 is 0.448 bits per heavy atom. The van der Waals surface area contributed by atoms with Gasteiger partial charge in [0.2, 0.25) is 0 Å². The highest BCUT2D eigenvalue weighted by atomic mass is 31.2. The quantitative estimate of drug-likeness (QED) is 0.0264. The highest BCUT2D eigenvalue weighted by molar-refractivity contribution is 7.47. The molecule has 67 heavy (non-hydrogen) atoms. The highest BCUT2D eigenvalue weighted by Gasteiger charge is 2.26. The molecule has 0 heterocycles. The van der Waals surface area contributed by atoms with E-state index in [1.807, 2.05) is 0 Å². The van der Waals surface area contributed by atoms with Crippen molar-refractivity contribution in [2.24, 2.45) is 5.73 Å². The molecular formula is C57H110NO8P. The smallest absolute Gasteiger partial charge is 0.462 e. The van der Waals surface area contributed by atoms with Crippen LogP contribution in [0, 0.1) is 0 Å². The van der Waals surface area contributed by atoms with Gasteiger partial charge in [-0.15, -0.1) is 0 Å². The van der Waals surface area contributed by atoms with E-state index in [-0.39, 0.29) is 38.6 Å². The number of esters is 2. The Kier molecular flexibility index (Phi) is 52.6. The van der Waals surface area contributed by atoms with Gasteiger partial charge in [0.05, 0.1) is 13.2 Å². The zero-order chi connectivity index (χ0) is 48.8. The second-order valence-corrected chi connectivity index (χ2v) is 21.0. The molecule has 0 aliphatic carbocycles. The molecule has 0 rings (SSSR count). The molecule has 0 aliphatic heterocycles. The summed E-state index contributed by atoms with van der Waals surface area (Å²) in [6.07, 6.45) is 62.4. The predicted molar refractivity (Wildman–Crippen MR) is 284 cm³/mol. The van der Waals surface area contributed by atoms with Crippen LogP contribution in [0.3, 0.4) is 0 Å². The average Bonchev–Trinajstić information content (AvgIpc) is 3.32. The second-order valence-electron chi connectivity index (χ2n) is 19.5. The Bertz CT molecular complexity index is 1150. The Balaban J connectivity index is 3.86. The zero-order valence-corrected chi connectivity index (χ0v) is 45.1. The molecule has 2 unspecified atom stereocenters. The van der Waals surface area contributed by atoms with Crippen molar-refractivity contribution >= 4 is 19.8 Å². The number of carbonyl (C=O) groups excluding carboxylic acids is 2. The molecule has 0 spiro atoms. The van der Waals surface area contributed by atoms with Crippen LogP contribution in [-0.2, 0) is 32.7 Å². The fourth-order valence-electron chi connectivity index (χ4n) is 8.55. The summed E-state index contributed by atoms with van der Waals surface area (Å²) < 4.78 is 33.0. The first-order valence-electron chi connectivity index (χ1n) is 28.8. The third-order valence-corrected chi connectivity index (χ3v) is 13.8. The van der Waals surface area contributed by atoms with E-state index in [4.69, 9.17) is 24.3 Å². The van der Waals surface area contributed by atoms with Crippen molar-refractivity contribution in [3.63, 3.8) is 0 Å². The number of carbonyl (C=O) groups is 2. The maximum absolute atomic E-state index is 12.7. The van der Waals surface area contributed by atoms with Gasteiger partial charge in [-0.25, -0.2) is 4.57 Å².